The van der Waals surface area contributed by atoms with Crippen LogP contribution in [-0.4, -0.2) is 23.5 Å². The van der Waals surface area contributed by atoms with Crippen LogP contribution in [0.4, 0.5) is 4.39 Å². The van der Waals surface area contributed by atoms with Gasteiger partial charge in [-0.15, -0.1) is 0 Å². The minimum Gasteiger partial charge on any atom is -0.492 e. The second-order valence-corrected chi connectivity index (χ2v) is 2.85. The summed E-state index contributed by atoms with van der Waals surface area (Å²) in [7, 11) is 0. The maximum absolute atomic E-state index is 12.7. The van der Waals surface area contributed by atoms with Crippen molar-refractivity contribution in [2.75, 3.05) is 6.61 Å². The van der Waals surface area contributed by atoms with Crippen LogP contribution in [0.1, 0.15) is 19.3 Å². The van der Waals surface area contributed by atoms with Gasteiger partial charge in [-0.3, -0.25) is 0 Å². The van der Waals surface area contributed by atoms with Crippen molar-refractivity contribution in [1.82, 2.24) is 0 Å². The Morgan fingerprint density at radius 1 is 1.82 bits per heavy atom. The standard InChI is InChI=1S/C8H13FO2/c1-2-11-8(4-3-5-10)6-7(8)9/h2,7,10H,1,3-6H2. The molecule has 1 rings (SSSR count). The zero-order valence-corrected chi connectivity index (χ0v) is 6.42. The summed E-state index contributed by atoms with van der Waals surface area (Å²) in [6, 6.07) is 0. The molecule has 0 amide bonds. The molecule has 2 nitrogen and oxygen atoms in total. The van der Waals surface area contributed by atoms with Gasteiger partial charge in [0.15, 0.2) is 0 Å². The SMILES string of the molecule is C=COC1(CCCO)CC1F. The Kier molecular flexibility index (Phi) is 2.49. The summed E-state index contributed by atoms with van der Waals surface area (Å²) in [5.41, 5.74) is -0.634. The van der Waals surface area contributed by atoms with Crippen molar-refractivity contribution in [3.8, 4) is 0 Å². The fraction of sp³-hybridized carbons (Fsp3) is 0.750. The van der Waals surface area contributed by atoms with E-state index < -0.39 is 11.8 Å². The summed E-state index contributed by atoms with van der Waals surface area (Å²) in [5, 5.41) is 8.51. The largest absolute Gasteiger partial charge is 0.492 e. The molecule has 1 fully saturated rings. The van der Waals surface area contributed by atoms with Crippen molar-refractivity contribution >= 4 is 0 Å². The smallest absolute Gasteiger partial charge is 0.144 e. The summed E-state index contributed by atoms with van der Waals surface area (Å²) in [6.07, 6.45) is 2.02. The molecule has 0 aromatic carbocycles. The molecular weight excluding hydrogens is 147 g/mol. The maximum atomic E-state index is 12.7. The van der Waals surface area contributed by atoms with E-state index in [9.17, 15) is 4.39 Å². The molecule has 0 radical (unpaired) electrons. The molecule has 1 saturated carbocycles. The van der Waals surface area contributed by atoms with Crippen LogP contribution in [0.3, 0.4) is 0 Å². The van der Waals surface area contributed by atoms with Crippen LogP contribution in [0.25, 0.3) is 0 Å². The van der Waals surface area contributed by atoms with Gasteiger partial charge >= 0.3 is 0 Å². The van der Waals surface area contributed by atoms with Gasteiger partial charge in [-0.1, -0.05) is 6.58 Å². The number of ether oxygens (including phenoxy) is 1. The van der Waals surface area contributed by atoms with Gasteiger partial charge in [-0.2, -0.15) is 0 Å². The number of aliphatic hydroxyl groups excluding tert-OH is 1. The Balaban J connectivity index is 2.30. The Morgan fingerprint density at radius 3 is 2.82 bits per heavy atom. The van der Waals surface area contributed by atoms with Crippen LogP contribution >= 0.6 is 0 Å². The van der Waals surface area contributed by atoms with Gasteiger partial charge in [0.1, 0.15) is 11.8 Å². The molecule has 0 bridgehead atoms. The molecule has 3 heteroatoms. The van der Waals surface area contributed by atoms with E-state index in [4.69, 9.17) is 9.84 Å². The first-order valence-electron chi connectivity index (χ1n) is 3.79. The monoisotopic (exact) mass is 160 g/mol. The average Bonchev–Trinajstić information content (AvgIpc) is 2.59. The lowest BCUT2D eigenvalue weighted by molar-refractivity contribution is 0.0786. The van der Waals surface area contributed by atoms with Crippen LogP contribution in [0.2, 0.25) is 0 Å². The van der Waals surface area contributed by atoms with Gasteiger partial charge in [0.25, 0.3) is 0 Å². The van der Waals surface area contributed by atoms with Crippen LogP contribution < -0.4 is 0 Å². The minimum absolute atomic E-state index is 0.0922. The molecule has 2 unspecified atom stereocenters. The Morgan fingerprint density at radius 2 is 2.45 bits per heavy atom. The van der Waals surface area contributed by atoms with Gasteiger partial charge in [-0.05, 0) is 12.8 Å². The van der Waals surface area contributed by atoms with E-state index in [0.29, 0.717) is 19.3 Å². The third kappa shape index (κ3) is 1.71. The molecule has 0 saturated heterocycles. The molecule has 0 aromatic heterocycles. The van der Waals surface area contributed by atoms with E-state index in [1.807, 2.05) is 0 Å². The number of halogens is 1. The maximum Gasteiger partial charge on any atom is 0.144 e. The molecule has 1 N–H and O–H groups in total. The van der Waals surface area contributed by atoms with E-state index in [1.165, 1.54) is 6.26 Å². The normalized spacial score (nSPS) is 34.9. The van der Waals surface area contributed by atoms with Gasteiger partial charge in [-0.25, -0.2) is 4.39 Å². The van der Waals surface area contributed by atoms with Crippen molar-refractivity contribution in [1.29, 1.82) is 0 Å². The molecule has 0 aliphatic heterocycles. The van der Waals surface area contributed by atoms with Crippen molar-refractivity contribution < 1.29 is 14.2 Å². The van der Waals surface area contributed by atoms with Crippen LogP contribution in [0.5, 0.6) is 0 Å². The lowest BCUT2D eigenvalue weighted by Crippen LogP contribution is -2.15. The first kappa shape index (κ1) is 8.53. The summed E-state index contributed by atoms with van der Waals surface area (Å²) < 4.78 is 17.7. The molecule has 64 valence electrons. The van der Waals surface area contributed by atoms with Gasteiger partial charge in [0.05, 0.1) is 6.26 Å². The molecule has 1 aliphatic carbocycles. The highest BCUT2D eigenvalue weighted by molar-refractivity contribution is 5.07. The summed E-state index contributed by atoms with van der Waals surface area (Å²) in [5.74, 6) is 0. The summed E-state index contributed by atoms with van der Waals surface area (Å²) in [6.45, 7) is 3.47. The third-order valence-corrected chi connectivity index (χ3v) is 2.01. The zero-order chi connectivity index (χ0) is 8.32. The quantitative estimate of drug-likeness (QED) is 0.616. The van der Waals surface area contributed by atoms with Crippen LogP contribution in [0.15, 0.2) is 12.8 Å². The van der Waals surface area contributed by atoms with E-state index >= 15 is 0 Å². The number of hydrogen-bond acceptors (Lipinski definition) is 2. The molecular formula is C8H13FO2. The van der Waals surface area contributed by atoms with Gasteiger partial charge < -0.3 is 9.84 Å². The van der Waals surface area contributed by atoms with Crippen molar-refractivity contribution in [3.63, 3.8) is 0 Å². The van der Waals surface area contributed by atoms with E-state index in [-0.39, 0.29) is 6.61 Å². The Labute approximate surface area is 65.7 Å². The predicted octanol–water partition coefficient (Wildman–Crippen LogP) is 1.40. The molecule has 0 spiro atoms. The van der Waals surface area contributed by atoms with Gasteiger partial charge in [0, 0.05) is 13.0 Å². The van der Waals surface area contributed by atoms with E-state index in [2.05, 4.69) is 6.58 Å². The van der Waals surface area contributed by atoms with Crippen LogP contribution in [-0.2, 0) is 4.74 Å². The number of rotatable bonds is 5. The van der Waals surface area contributed by atoms with E-state index in [1.54, 1.807) is 0 Å². The molecule has 11 heavy (non-hydrogen) atoms. The first-order chi connectivity index (χ1) is 5.25. The average molecular weight is 160 g/mol. The fourth-order valence-corrected chi connectivity index (χ4v) is 1.23. The Bertz CT molecular complexity index is 149. The highest BCUT2D eigenvalue weighted by atomic mass is 19.1. The molecule has 0 heterocycles. The fourth-order valence-electron chi connectivity index (χ4n) is 1.23. The van der Waals surface area contributed by atoms with Gasteiger partial charge in [0.2, 0.25) is 0 Å². The molecule has 1 aliphatic rings. The highest BCUT2D eigenvalue weighted by Crippen LogP contribution is 2.46. The zero-order valence-electron chi connectivity index (χ0n) is 6.42. The third-order valence-electron chi connectivity index (χ3n) is 2.01. The number of hydrogen-bond donors (Lipinski definition) is 1. The first-order valence-corrected chi connectivity index (χ1v) is 3.79. The topological polar surface area (TPSA) is 29.5 Å². The van der Waals surface area contributed by atoms with E-state index in [0.717, 1.165) is 0 Å². The lowest BCUT2D eigenvalue weighted by Gasteiger charge is -2.13. The molecule has 2 atom stereocenters. The predicted molar refractivity (Wildman–Crippen MR) is 39.8 cm³/mol. The lowest BCUT2D eigenvalue weighted by atomic mass is 10.2. The minimum atomic E-state index is -0.868. The van der Waals surface area contributed by atoms with Crippen molar-refractivity contribution in [2.24, 2.45) is 0 Å². The number of aliphatic hydroxyl groups is 1. The Hall–Kier alpha value is -0.570. The number of alkyl halides is 1. The highest BCUT2D eigenvalue weighted by Gasteiger charge is 2.56. The second kappa shape index (κ2) is 3.22. The molecule has 0 aromatic rings. The summed E-state index contributed by atoms with van der Waals surface area (Å²) >= 11 is 0. The summed E-state index contributed by atoms with van der Waals surface area (Å²) in [4.78, 5) is 0. The second-order valence-electron chi connectivity index (χ2n) is 2.85. The van der Waals surface area contributed by atoms with Crippen molar-refractivity contribution in [2.45, 2.75) is 31.0 Å². The van der Waals surface area contributed by atoms with Crippen LogP contribution in [0, 0.1) is 0 Å². The van der Waals surface area contributed by atoms with Crippen molar-refractivity contribution in [3.05, 3.63) is 12.8 Å².